The van der Waals surface area contributed by atoms with Gasteiger partial charge in [0.1, 0.15) is 6.07 Å². The number of rotatable bonds is 6. The largest absolute Gasteiger partial charge is 0.438 e. The van der Waals surface area contributed by atoms with Crippen molar-refractivity contribution >= 4 is 41.4 Å². The molecule has 4 aromatic rings. The van der Waals surface area contributed by atoms with Gasteiger partial charge in [0.05, 0.1) is 11.8 Å². The standard InChI is InChI=1S/C24H18N2OSSi/c25-17-20-16-21(28-19-20)18-26-27-29(22-10-4-1-5-11-22,23-12-6-2-7-13-23)24-14-8-3-9-15-24/h1-16,18-19H. The van der Waals surface area contributed by atoms with Crippen molar-refractivity contribution in [2.24, 2.45) is 5.16 Å². The molecule has 0 fully saturated rings. The molecule has 1 heterocycles. The molecule has 5 heteroatoms. The molecular weight excluding hydrogens is 392 g/mol. The lowest BCUT2D eigenvalue weighted by molar-refractivity contribution is 0.351. The van der Waals surface area contributed by atoms with E-state index < -0.39 is 8.32 Å². The van der Waals surface area contributed by atoms with E-state index >= 15 is 0 Å². The molecule has 3 aromatic carbocycles. The summed E-state index contributed by atoms with van der Waals surface area (Å²) in [7, 11) is -2.84. The van der Waals surface area contributed by atoms with Gasteiger partial charge in [-0.2, -0.15) is 5.26 Å². The van der Waals surface area contributed by atoms with Crippen molar-refractivity contribution in [3.8, 4) is 6.07 Å². The van der Waals surface area contributed by atoms with E-state index in [0.29, 0.717) is 5.56 Å². The zero-order valence-corrected chi connectivity index (χ0v) is 17.4. The quantitative estimate of drug-likeness (QED) is 0.211. The fourth-order valence-electron chi connectivity index (χ4n) is 3.31. The molecule has 4 rings (SSSR count). The Balaban J connectivity index is 1.84. The van der Waals surface area contributed by atoms with Gasteiger partial charge >= 0.3 is 8.32 Å². The number of nitriles is 1. The third kappa shape index (κ3) is 3.90. The van der Waals surface area contributed by atoms with Crippen LogP contribution in [0.5, 0.6) is 0 Å². The van der Waals surface area contributed by atoms with E-state index in [1.807, 2.05) is 66.0 Å². The van der Waals surface area contributed by atoms with Crippen LogP contribution in [-0.4, -0.2) is 14.5 Å². The van der Waals surface area contributed by atoms with E-state index in [1.54, 1.807) is 6.21 Å². The second-order valence-corrected chi connectivity index (χ2v) is 10.7. The van der Waals surface area contributed by atoms with Gasteiger partial charge in [0.2, 0.25) is 0 Å². The van der Waals surface area contributed by atoms with Gasteiger partial charge in [-0.15, -0.1) is 16.5 Å². The molecule has 0 saturated heterocycles. The molecule has 0 atom stereocenters. The Morgan fingerprint density at radius 1 is 0.793 bits per heavy atom. The molecule has 0 radical (unpaired) electrons. The summed E-state index contributed by atoms with van der Waals surface area (Å²) >= 11 is 1.48. The van der Waals surface area contributed by atoms with Crippen molar-refractivity contribution < 1.29 is 4.53 Å². The Morgan fingerprint density at radius 3 is 1.69 bits per heavy atom. The lowest BCUT2D eigenvalue weighted by Crippen LogP contribution is -2.68. The van der Waals surface area contributed by atoms with Crippen LogP contribution in [0.25, 0.3) is 0 Å². The topological polar surface area (TPSA) is 45.4 Å². The molecule has 0 aliphatic rings. The van der Waals surface area contributed by atoms with Crippen molar-refractivity contribution in [2.45, 2.75) is 0 Å². The minimum Gasteiger partial charge on any atom is -0.438 e. The average Bonchev–Trinajstić information content (AvgIpc) is 3.27. The molecule has 0 unspecified atom stereocenters. The Morgan fingerprint density at radius 2 is 1.28 bits per heavy atom. The van der Waals surface area contributed by atoms with Crippen LogP contribution in [-0.2, 0) is 4.53 Å². The first-order valence-electron chi connectivity index (χ1n) is 9.20. The average molecular weight is 411 g/mol. The van der Waals surface area contributed by atoms with E-state index in [2.05, 4.69) is 47.6 Å². The first kappa shape index (κ1) is 18.9. The van der Waals surface area contributed by atoms with Gasteiger partial charge in [-0.3, -0.25) is 0 Å². The van der Waals surface area contributed by atoms with Crippen LogP contribution in [0.1, 0.15) is 10.4 Å². The predicted octanol–water partition coefficient (Wildman–Crippen LogP) is 3.64. The third-order valence-electron chi connectivity index (χ3n) is 4.66. The second kappa shape index (κ2) is 8.70. The van der Waals surface area contributed by atoms with Crippen LogP contribution in [0, 0.1) is 11.3 Å². The summed E-state index contributed by atoms with van der Waals surface area (Å²) in [5, 5.41) is 18.7. The first-order chi connectivity index (χ1) is 14.3. The highest BCUT2D eigenvalue weighted by Crippen LogP contribution is 2.13. The van der Waals surface area contributed by atoms with E-state index in [9.17, 15) is 0 Å². The lowest BCUT2D eigenvalue weighted by atomic mass is 10.3. The van der Waals surface area contributed by atoms with Crippen LogP contribution in [0.4, 0.5) is 0 Å². The van der Waals surface area contributed by atoms with Gasteiger partial charge in [-0.1, -0.05) is 91.0 Å². The fraction of sp³-hybridized carbons (Fsp3) is 0. The molecule has 0 saturated carbocycles. The van der Waals surface area contributed by atoms with Gasteiger partial charge in [0.15, 0.2) is 0 Å². The molecule has 1 aromatic heterocycles. The molecule has 0 bridgehead atoms. The number of benzene rings is 3. The molecule has 0 spiro atoms. The normalized spacial score (nSPS) is 11.3. The minimum atomic E-state index is -2.84. The molecule has 0 N–H and O–H groups in total. The Labute approximate surface area is 175 Å². The van der Waals surface area contributed by atoms with Gasteiger partial charge in [-0.25, -0.2) is 0 Å². The number of nitrogens with zero attached hydrogens (tertiary/aromatic N) is 2. The maximum absolute atomic E-state index is 9.04. The molecule has 0 amide bonds. The summed E-state index contributed by atoms with van der Waals surface area (Å²) in [6.07, 6.45) is 1.70. The number of hydrogen-bond acceptors (Lipinski definition) is 4. The zero-order chi connectivity index (χ0) is 19.9. The van der Waals surface area contributed by atoms with E-state index in [4.69, 9.17) is 9.79 Å². The molecule has 0 aliphatic carbocycles. The monoisotopic (exact) mass is 410 g/mol. The molecular formula is C24H18N2OSSi. The van der Waals surface area contributed by atoms with Crippen LogP contribution in [0.3, 0.4) is 0 Å². The maximum atomic E-state index is 9.04. The smallest absolute Gasteiger partial charge is 0.380 e. The highest BCUT2D eigenvalue weighted by atomic mass is 32.1. The Kier molecular flexibility index (Phi) is 5.66. The lowest BCUT2D eigenvalue weighted by Gasteiger charge is -2.29. The molecule has 0 aliphatic heterocycles. The fourth-order valence-corrected chi connectivity index (χ4v) is 7.51. The summed E-state index contributed by atoms with van der Waals surface area (Å²) in [5.74, 6) is 0. The van der Waals surface area contributed by atoms with Crippen molar-refractivity contribution in [3.63, 3.8) is 0 Å². The summed E-state index contributed by atoms with van der Waals surface area (Å²) in [6.45, 7) is 0. The van der Waals surface area contributed by atoms with Gasteiger partial charge < -0.3 is 4.53 Å². The van der Waals surface area contributed by atoms with Crippen LogP contribution in [0.15, 0.2) is 108 Å². The second-order valence-electron chi connectivity index (χ2n) is 6.45. The van der Waals surface area contributed by atoms with Gasteiger partial charge in [0, 0.05) is 10.3 Å². The third-order valence-corrected chi connectivity index (χ3v) is 9.35. The SMILES string of the molecule is N#Cc1csc(C=NO[Si](c2ccccc2)(c2ccccc2)c2ccccc2)c1. The van der Waals surface area contributed by atoms with Crippen LogP contribution < -0.4 is 15.6 Å². The molecule has 140 valence electrons. The summed E-state index contributed by atoms with van der Waals surface area (Å²) in [4.78, 5) is 0.888. The highest BCUT2D eigenvalue weighted by molar-refractivity contribution is 7.12. The van der Waals surface area contributed by atoms with E-state index in [0.717, 1.165) is 20.4 Å². The summed E-state index contributed by atoms with van der Waals surface area (Å²) < 4.78 is 6.47. The summed E-state index contributed by atoms with van der Waals surface area (Å²) in [6, 6.07) is 34.9. The first-order valence-corrected chi connectivity index (χ1v) is 12.0. The Hall–Kier alpha value is -3.46. The number of hydrogen-bond donors (Lipinski definition) is 0. The summed E-state index contributed by atoms with van der Waals surface area (Å²) in [5.41, 5.74) is 0.633. The number of oxime groups is 1. The van der Waals surface area contributed by atoms with Crippen LogP contribution >= 0.6 is 11.3 Å². The van der Waals surface area contributed by atoms with Crippen molar-refractivity contribution in [1.82, 2.24) is 0 Å². The van der Waals surface area contributed by atoms with Crippen LogP contribution in [0.2, 0.25) is 0 Å². The van der Waals surface area contributed by atoms with E-state index in [-0.39, 0.29) is 0 Å². The minimum absolute atomic E-state index is 0.633. The molecule has 29 heavy (non-hydrogen) atoms. The Bertz CT molecular complexity index is 1040. The van der Waals surface area contributed by atoms with Gasteiger partial charge in [-0.05, 0) is 21.6 Å². The maximum Gasteiger partial charge on any atom is 0.380 e. The molecule has 3 nitrogen and oxygen atoms in total. The van der Waals surface area contributed by atoms with Crippen molar-refractivity contribution in [3.05, 3.63) is 113 Å². The van der Waals surface area contributed by atoms with E-state index in [1.165, 1.54) is 11.3 Å². The van der Waals surface area contributed by atoms with Gasteiger partial charge in [0.25, 0.3) is 0 Å². The van der Waals surface area contributed by atoms with Crippen molar-refractivity contribution in [1.29, 1.82) is 5.26 Å². The number of thiophene rings is 1. The predicted molar refractivity (Wildman–Crippen MR) is 122 cm³/mol. The van der Waals surface area contributed by atoms with Crippen molar-refractivity contribution in [2.75, 3.05) is 0 Å². The highest BCUT2D eigenvalue weighted by Gasteiger charge is 2.44. The zero-order valence-electron chi connectivity index (χ0n) is 15.6.